The largest absolute Gasteiger partial charge is 0.481 e. The number of rotatable bonds is 8. The Kier molecular flexibility index (Phi) is 6.88. The summed E-state index contributed by atoms with van der Waals surface area (Å²) in [4.78, 5) is 24.1. The zero-order chi connectivity index (χ0) is 22.5. The average Bonchev–Trinajstić information content (AvgIpc) is 3.16. The van der Waals surface area contributed by atoms with Gasteiger partial charge in [-0.15, -0.1) is 0 Å². The van der Waals surface area contributed by atoms with Crippen molar-refractivity contribution in [2.45, 2.75) is 26.4 Å². The van der Waals surface area contributed by atoms with Crippen molar-refractivity contribution in [2.24, 2.45) is 0 Å². The van der Waals surface area contributed by atoms with Crippen molar-refractivity contribution in [1.82, 2.24) is 24.5 Å². The summed E-state index contributed by atoms with van der Waals surface area (Å²) < 4.78 is 25.9. The lowest BCUT2D eigenvalue weighted by Gasteiger charge is -2.22. The van der Waals surface area contributed by atoms with Gasteiger partial charge in [-0.05, 0) is 32.4 Å². The van der Waals surface area contributed by atoms with Crippen molar-refractivity contribution in [3.8, 4) is 17.0 Å². The minimum atomic E-state index is -0.469. The van der Waals surface area contributed by atoms with Gasteiger partial charge in [0, 0.05) is 33.4 Å². The lowest BCUT2D eigenvalue weighted by molar-refractivity contribution is 0.0839. The molecule has 0 aliphatic heterocycles. The Labute approximate surface area is 180 Å². The maximum atomic E-state index is 13.8. The third-order valence-electron chi connectivity index (χ3n) is 4.68. The molecule has 0 fully saturated rings. The SMILES string of the molecule is COc1ncc(F)cc1-c1cnn2ccc(N(C)CCCN(C)C(=O)OC(C)C)nc12. The summed E-state index contributed by atoms with van der Waals surface area (Å²) in [5.74, 6) is 0.557. The van der Waals surface area contributed by atoms with Crippen molar-refractivity contribution in [3.05, 3.63) is 36.5 Å². The zero-order valence-corrected chi connectivity index (χ0v) is 18.4. The first-order valence-electron chi connectivity index (χ1n) is 9.97. The van der Waals surface area contributed by atoms with Gasteiger partial charge in [-0.25, -0.2) is 23.7 Å². The fourth-order valence-corrected chi connectivity index (χ4v) is 3.09. The van der Waals surface area contributed by atoms with E-state index in [4.69, 9.17) is 14.5 Å². The summed E-state index contributed by atoms with van der Waals surface area (Å²) in [6.45, 7) is 4.88. The van der Waals surface area contributed by atoms with Crippen LogP contribution in [0.2, 0.25) is 0 Å². The zero-order valence-electron chi connectivity index (χ0n) is 18.4. The van der Waals surface area contributed by atoms with Crippen LogP contribution >= 0.6 is 0 Å². The molecular weight excluding hydrogens is 403 g/mol. The summed E-state index contributed by atoms with van der Waals surface area (Å²) in [6.07, 6.45) is 4.77. The standard InChI is InChI=1S/C21H27FN6O3/c1-14(2)31-21(29)27(4)9-6-8-26(3)18-7-10-28-19(25-18)17(13-24-28)16-11-15(22)12-23-20(16)30-5/h7,10-14H,6,8-9H2,1-5H3. The fourth-order valence-electron chi connectivity index (χ4n) is 3.09. The van der Waals surface area contributed by atoms with Crippen LogP contribution in [0.1, 0.15) is 20.3 Å². The molecule has 9 nitrogen and oxygen atoms in total. The van der Waals surface area contributed by atoms with Gasteiger partial charge in [-0.1, -0.05) is 0 Å². The Balaban J connectivity index is 1.75. The number of ether oxygens (including phenoxy) is 2. The smallest absolute Gasteiger partial charge is 0.409 e. The van der Waals surface area contributed by atoms with E-state index in [2.05, 4.69) is 10.1 Å². The molecule has 0 atom stereocenters. The van der Waals surface area contributed by atoms with Crippen LogP contribution in [0.4, 0.5) is 15.0 Å². The van der Waals surface area contributed by atoms with Crippen LogP contribution in [0, 0.1) is 5.82 Å². The summed E-state index contributed by atoms with van der Waals surface area (Å²) >= 11 is 0. The van der Waals surface area contributed by atoms with Crippen LogP contribution in [-0.4, -0.2) is 71.0 Å². The van der Waals surface area contributed by atoms with Gasteiger partial charge < -0.3 is 19.3 Å². The van der Waals surface area contributed by atoms with E-state index >= 15 is 0 Å². The first kappa shape index (κ1) is 22.3. The van der Waals surface area contributed by atoms with Crippen LogP contribution in [-0.2, 0) is 4.74 Å². The molecule has 0 saturated heterocycles. The average molecular weight is 430 g/mol. The third kappa shape index (κ3) is 5.19. The molecule has 3 rings (SSSR count). The van der Waals surface area contributed by atoms with E-state index in [-0.39, 0.29) is 12.2 Å². The molecular formula is C21H27FN6O3. The first-order chi connectivity index (χ1) is 14.8. The topological polar surface area (TPSA) is 85.1 Å². The second-order valence-electron chi connectivity index (χ2n) is 7.45. The highest BCUT2D eigenvalue weighted by atomic mass is 19.1. The normalized spacial score (nSPS) is 11.1. The van der Waals surface area contributed by atoms with E-state index < -0.39 is 5.82 Å². The second kappa shape index (κ2) is 9.59. The van der Waals surface area contributed by atoms with Crippen LogP contribution < -0.4 is 9.64 Å². The summed E-state index contributed by atoms with van der Waals surface area (Å²) in [7, 11) is 5.12. The molecule has 0 aliphatic rings. The Morgan fingerprint density at radius 3 is 2.71 bits per heavy atom. The van der Waals surface area contributed by atoms with Crippen molar-refractivity contribution < 1.29 is 18.7 Å². The third-order valence-corrected chi connectivity index (χ3v) is 4.68. The molecule has 0 N–H and O–H groups in total. The quantitative estimate of drug-likeness (QED) is 0.542. The molecule has 1 amide bonds. The van der Waals surface area contributed by atoms with E-state index in [0.29, 0.717) is 35.7 Å². The Morgan fingerprint density at radius 1 is 1.23 bits per heavy atom. The van der Waals surface area contributed by atoms with Crippen molar-refractivity contribution in [3.63, 3.8) is 0 Å². The lowest BCUT2D eigenvalue weighted by atomic mass is 10.1. The number of hydrogen-bond acceptors (Lipinski definition) is 7. The number of hydrogen-bond donors (Lipinski definition) is 0. The van der Waals surface area contributed by atoms with Gasteiger partial charge in [0.15, 0.2) is 5.65 Å². The van der Waals surface area contributed by atoms with Gasteiger partial charge >= 0.3 is 6.09 Å². The van der Waals surface area contributed by atoms with E-state index in [1.807, 2.05) is 31.9 Å². The van der Waals surface area contributed by atoms with E-state index in [1.165, 1.54) is 13.2 Å². The van der Waals surface area contributed by atoms with Gasteiger partial charge in [0.1, 0.15) is 11.6 Å². The molecule has 0 unspecified atom stereocenters. The summed E-state index contributed by atoms with van der Waals surface area (Å²) in [5, 5.41) is 4.30. The monoisotopic (exact) mass is 430 g/mol. The molecule has 0 saturated carbocycles. The van der Waals surface area contributed by atoms with E-state index in [9.17, 15) is 9.18 Å². The minimum Gasteiger partial charge on any atom is -0.481 e. The van der Waals surface area contributed by atoms with Crippen molar-refractivity contribution in [1.29, 1.82) is 0 Å². The molecule has 0 radical (unpaired) electrons. The van der Waals surface area contributed by atoms with Crippen molar-refractivity contribution >= 4 is 17.6 Å². The lowest BCUT2D eigenvalue weighted by Crippen LogP contribution is -2.32. The van der Waals surface area contributed by atoms with Crippen LogP contribution in [0.3, 0.4) is 0 Å². The number of pyridine rings is 1. The molecule has 166 valence electrons. The first-order valence-corrected chi connectivity index (χ1v) is 9.97. The number of halogens is 1. The van der Waals surface area contributed by atoms with Crippen LogP contribution in [0.15, 0.2) is 30.7 Å². The molecule has 0 spiro atoms. The Hall–Kier alpha value is -3.43. The summed E-state index contributed by atoms with van der Waals surface area (Å²) in [5.41, 5.74) is 1.66. The number of aromatic nitrogens is 4. The maximum Gasteiger partial charge on any atom is 0.409 e. The summed E-state index contributed by atoms with van der Waals surface area (Å²) in [6, 6.07) is 3.20. The number of amides is 1. The molecule has 10 heteroatoms. The highest BCUT2D eigenvalue weighted by molar-refractivity contribution is 5.80. The fraction of sp³-hybridized carbons (Fsp3) is 0.429. The Bertz CT molecular complexity index is 1050. The predicted molar refractivity (Wildman–Crippen MR) is 115 cm³/mol. The highest BCUT2D eigenvalue weighted by Crippen LogP contribution is 2.31. The maximum absolute atomic E-state index is 13.8. The number of carbonyl (C=O) groups excluding carboxylic acids is 1. The molecule has 3 heterocycles. The van der Waals surface area contributed by atoms with E-state index in [0.717, 1.165) is 18.4 Å². The second-order valence-corrected chi connectivity index (χ2v) is 7.45. The number of carbonyl (C=O) groups is 1. The molecule has 0 bridgehead atoms. The van der Waals surface area contributed by atoms with Crippen molar-refractivity contribution in [2.75, 3.05) is 39.2 Å². The van der Waals surface area contributed by atoms with Gasteiger partial charge in [0.25, 0.3) is 0 Å². The molecule has 3 aromatic rings. The number of anilines is 1. The number of fused-ring (bicyclic) bond motifs is 1. The minimum absolute atomic E-state index is 0.148. The number of nitrogens with zero attached hydrogens (tertiary/aromatic N) is 6. The van der Waals surface area contributed by atoms with Crippen LogP contribution in [0.5, 0.6) is 5.88 Å². The molecule has 0 aliphatic carbocycles. The van der Waals surface area contributed by atoms with Gasteiger partial charge in [-0.3, -0.25) is 0 Å². The van der Waals surface area contributed by atoms with E-state index in [1.54, 1.807) is 28.9 Å². The Morgan fingerprint density at radius 2 is 2.00 bits per heavy atom. The predicted octanol–water partition coefficient (Wildman–Crippen LogP) is 3.24. The van der Waals surface area contributed by atoms with Gasteiger partial charge in [0.2, 0.25) is 5.88 Å². The molecule has 31 heavy (non-hydrogen) atoms. The van der Waals surface area contributed by atoms with Gasteiger partial charge in [-0.2, -0.15) is 5.10 Å². The van der Waals surface area contributed by atoms with Crippen LogP contribution in [0.25, 0.3) is 16.8 Å². The number of methoxy groups -OCH3 is 1. The van der Waals surface area contributed by atoms with Gasteiger partial charge in [0.05, 0.1) is 36.7 Å². The highest BCUT2D eigenvalue weighted by Gasteiger charge is 2.17. The molecule has 3 aromatic heterocycles. The molecule has 0 aromatic carbocycles.